The van der Waals surface area contributed by atoms with Crippen LogP contribution in [-0.2, 0) is 28.8 Å². The van der Waals surface area contributed by atoms with Gasteiger partial charge in [0, 0.05) is 16.9 Å². The summed E-state index contributed by atoms with van der Waals surface area (Å²) in [5.74, 6) is -1.77. The largest absolute Gasteiger partial charge is 0.488 e. The van der Waals surface area contributed by atoms with Crippen LogP contribution in [0.2, 0.25) is 0 Å². The first-order chi connectivity index (χ1) is 40.8. The molecule has 0 spiro atoms. The molecule has 0 radical (unpaired) electrons. The molecule has 6 aromatic carbocycles. The number of carboxylic acid groups (broad SMARTS) is 2. The Balaban J connectivity index is 0.000000175. The molecule has 6 heterocycles. The van der Waals surface area contributed by atoms with Crippen LogP contribution < -0.4 is 40.7 Å². The number of carbonyl (C=O) groups is 6. The Morgan fingerprint density at radius 1 is 0.571 bits per heavy atom. The first-order valence-corrected chi connectivity index (χ1v) is 28.0. The lowest BCUT2D eigenvalue weighted by Crippen LogP contribution is -2.74. The normalized spacial score (nSPS) is 18.6. The summed E-state index contributed by atoms with van der Waals surface area (Å²) in [6.07, 6.45) is 0. The van der Waals surface area contributed by atoms with Crippen molar-refractivity contribution in [2.75, 3.05) is 32.2 Å². The average molecular weight is 1170 g/mol. The summed E-state index contributed by atoms with van der Waals surface area (Å²) in [5.41, 5.74) is 2.13. The minimum absolute atomic E-state index is 0.109. The van der Waals surface area contributed by atoms with Crippen molar-refractivity contribution in [2.45, 2.75) is 28.9 Å². The molecule has 12 rings (SSSR count). The Labute approximate surface area is 484 Å². The average Bonchev–Trinajstić information content (AvgIpc) is 1.89. The molecule has 84 heavy (non-hydrogen) atoms. The van der Waals surface area contributed by atoms with E-state index >= 15 is 0 Å². The number of carbonyl (C=O) groups excluding carboxylic acids is 4. The predicted molar refractivity (Wildman–Crippen MR) is 310 cm³/mol. The third-order valence-electron chi connectivity index (χ3n) is 13.7. The molecule has 424 valence electrons. The highest BCUT2D eigenvalue weighted by Gasteiger charge is 2.56. The molecule has 24 heteroatoms. The zero-order valence-electron chi connectivity index (χ0n) is 43.9. The van der Waals surface area contributed by atoms with Crippen LogP contribution in [0.15, 0.2) is 190 Å². The summed E-state index contributed by atoms with van der Waals surface area (Å²) in [7, 11) is 0. The molecule has 6 N–H and O–H groups in total. The Hall–Kier alpha value is -10.2. The molecule has 4 amide bonds. The number of thioether (sulfide) groups is 2. The Morgan fingerprint density at radius 2 is 1.05 bits per heavy atom. The van der Waals surface area contributed by atoms with Crippen molar-refractivity contribution in [3.05, 3.63) is 201 Å². The molecular formula is C60H48N8O14S2. The highest BCUT2D eigenvalue weighted by Crippen LogP contribution is 2.42. The molecule has 2 fully saturated rings. The van der Waals surface area contributed by atoms with Crippen LogP contribution in [0.3, 0.4) is 0 Å². The topological polar surface area (TPSA) is 302 Å². The number of aliphatic carboxylic acids is 2. The van der Waals surface area contributed by atoms with Gasteiger partial charge in [-0.25, -0.2) is 19.6 Å². The summed E-state index contributed by atoms with van der Waals surface area (Å²) in [5, 5.41) is 26.8. The van der Waals surface area contributed by atoms with Crippen LogP contribution in [0.25, 0.3) is 44.6 Å². The zero-order valence-corrected chi connectivity index (χ0v) is 45.5. The smallest absolute Gasteiger partial charge is 0.352 e. The van der Waals surface area contributed by atoms with E-state index in [0.29, 0.717) is 78.7 Å². The van der Waals surface area contributed by atoms with Crippen LogP contribution in [0, 0.1) is 0 Å². The lowest BCUT2D eigenvalue weighted by atomic mass is 9.98. The van der Waals surface area contributed by atoms with E-state index in [4.69, 9.17) is 18.9 Å². The molecule has 8 aromatic rings. The van der Waals surface area contributed by atoms with Gasteiger partial charge in [0.25, 0.3) is 28.8 Å². The maximum Gasteiger partial charge on any atom is 0.352 e. The first-order valence-electron chi connectivity index (χ1n) is 26.0. The highest BCUT2D eigenvalue weighted by atomic mass is 32.2. The lowest BCUT2D eigenvalue weighted by Gasteiger charge is -2.51. The van der Waals surface area contributed by atoms with E-state index in [1.807, 2.05) is 12.1 Å². The molecule has 4 aliphatic heterocycles. The molecule has 5 atom stereocenters. The number of carboxylic acids is 2. The first kappa shape index (κ1) is 55.7. The number of rotatable bonds is 18. The highest BCUT2D eigenvalue weighted by molar-refractivity contribution is 8.03. The van der Waals surface area contributed by atoms with E-state index in [1.165, 1.54) is 33.3 Å². The summed E-state index contributed by atoms with van der Waals surface area (Å²) in [6, 6.07) is 42.5. The second-order valence-electron chi connectivity index (χ2n) is 19.1. The van der Waals surface area contributed by atoms with Gasteiger partial charge in [-0.15, -0.1) is 23.5 Å². The lowest BCUT2D eigenvalue weighted by molar-refractivity contribution is -0.160. The van der Waals surface area contributed by atoms with Crippen molar-refractivity contribution in [2.24, 2.45) is 0 Å². The van der Waals surface area contributed by atoms with Crippen molar-refractivity contribution in [3.8, 4) is 45.8 Å². The molecule has 22 nitrogen and oxygen atoms in total. The Kier molecular flexibility index (Phi) is 16.2. The van der Waals surface area contributed by atoms with Gasteiger partial charge < -0.3 is 54.7 Å². The molecule has 2 aromatic heterocycles. The van der Waals surface area contributed by atoms with Gasteiger partial charge in [-0.3, -0.25) is 33.7 Å². The van der Waals surface area contributed by atoms with Crippen LogP contribution >= 0.6 is 23.5 Å². The van der Waals surface area contributed by atoms with Gasteiger partial charge in [-0.2, -0.15) is 0 Å². The number of nitrogens with one attached hydrogen (secondary N) is 4. The fourth-order valence-corrected chi connectivity index (χ4v) is 12.3. The van der Waals surface area contributed by atoms with E-state index in [0.717, 1.165) is 0 Å². The van der Waals surface area contributed by atoms with Crippen molar-refractivity contribution < 1.29 is 57.9 Å². The summed E-state index contributed by atoms with van der Waals surface area (Å²) in [4.78, 5) is 118. The van der Waals surface area contributed by atoms with Crippen molar-refractivity contribution in [3.63, 3.8) is 0 Å². The quantitative estimate of drug-likeness (QED) is 0.0572. The number of H-pyrrole nitrogens is 2. The van der Waals surface area contributed by atoms with Gasteiger partial charge in [0.05, 0.1) is 32.9 Å². The van der Waals surface area contributed by atoms with Crippen LogP contribution in [0.1, 0.15) is 0 Å². The van der Waals surface area contributed by atoms with Gasteiger partial charge in [-0.05, 0) is 78.2 Å². The maximum atomic E-state index is 13.0. The Bertz CT molecular complexity index is 4030. The summed E-state index contributed by atoms with van der Waals surface area (Å²) < 4.78 is 23.0. The van der Waals surface area contributed by atoms with Crippen LogP contribution in [0.5, 0.6) is 23.0 Å². The van der Waals surface area contributed by atoms with E-state index in [9.17, 15) is 48.6 Å². The van der Waals surface area contributed by atoms with Gasteiger partial charge >= 0.3 is 11.9 Å². The molecule has 0 aliphatic carbocycles. The number of hydrogen-bond donors (Lipinski definition) is 6. The van der Waals surface area contributed by atoms with Crippen molar-refractivity contribution in [1.82, 2.24) is 40.4 Å². The van der Waals surface area contributed by atoms with Gasteiger partial charge in [-0.1, -0.05) is 84.9 Å². The van der Waals surface area contributed by atoms with Gasteiger partial charge in [0.15, 0.2) is 19.3 Å². The zero-order chi connectivity index (χ0) is 58.4. The second-order valence-corrected chi connectivity index (χ2v) is 21.2. The van der Waals surface area contributed by atoms with Crippen molar-refractivity contribution >= 4 is 80.9 Å². The van der Waals surface area contributed by atoms with Crippen LogP contribution in [0.4, 0.5) is 0 Å². The number of β-lactam (4-membered cyclic amide) rings is 2. The number of para-hydroxylation sites is 6. The number of nitrogens with zero attached hydrogens (tertiary/aromatic N) is 4. The fraction of sp³-hybridized carbons (Fsp3) is 0.167. The van der Waals surface area contributed by atoms with Crippen LogP contribution in [-0.4, -0.2) is 137 Å². The van der Waals surface area contributed by atoms with Gasteiger partial charge in [0.2, 0.25) is 5.91 Å². The molecule has 0 saturated carbocycles. The molecule has 2 saturated heterocycles. The van der Waals surface area contributed by atoms with E-state index in [2.05, 4.69) is 30.6 Å². The number of benzene rings is 6. The fourth-order valence-electron chi connectivity index (χ4n) is 9.71. The third-order valence-corrected chi connectivity index (χ3v) is 16.3. The number of hydrogen-bond acceptors (Lipinski definition) is 16. The second kappa shape index (κ2) is 24.5. The number of aromatic nitrogens is 4. The third kappa shape index (κ3) is 11.6. The Morgan fingerprint density at radius 3 is 1.57 bits per heavy atom. The number of amides is 4. The molecule has 4 aliphatic rings. The monoisotopic (exact) mass is 1170 g/mol. The van der Waals surface area contributed by atoms with E-state index in [1.54, 1.807) is 151 Å². The van der Waals surface area contributed by atoms with Crippen molar-refractivity contribution in [1.29, 1.82) is 0 Å². The molecule has 0 bridgehead atoms. The number of ether oxygens (including phenoxy) is 4. The minimum atomic E-state index is -1.27. The SMILES string of the molecule is O=C(COc1ccccc1)NC1C(=O)N2C(C(=O)O)=C(COc3ccccc3-c3nc4ccccc4c(=O)[nH]3)CSC12.O=C(COc1ccccc1)NC1C(=O)N2C(C(=O)O)C(COc3ccccc3-c3nc4ccccc4c(=O)[nH]3)=CSC12. The minimum Gasteiger partial charge on any atom is -0.488 e. The summed E-state index contributed by atoms with van der Waals surface area (Å²) >= 11 is 2.57. The molecule has 5 unspecified atom stereocenters. The molecular weight excluding hydrogens is 1120 g/mol. The van der Waals surface area contributed by atoms with E-state index in [-0.39, 0.29) is 49.0 Å². The summed E-state index contributed by atoms with van der Waals surface area (Å²) in [6.45, 7) is -0.791. The van der Waals surface area contributed by atoms with Gasteiger partial charge in [0.1, 0.15) is 76.4 Å². The number of fused-ring (bicyclic) bond motifs is 4. The predicted octanol–water partition coefficient (Wildman–Crippen LogP) is 5.57. The van der Waals surface area contributed by atoms with E-state index < -0.39 is 64.4 Å². The number of aromatic amines is 2. The standard InChI is InChI=1S/2C30H24N4O7S/c2*35-23(15-40-18-8-2-1-3-9-18)32-24-28(37)34-25(30(38)39)17(16-42-29(24)34)14-41-22-13-7-5-11-20(22)26-31-21-12-6-4-10-19(21)27(36)33-26/h1-13,24,29H,14-16H2,(H,32,35)(H,38,39)(H,31,33,36);1-13,16,24-25,29H,14-15H2,(H,32,35)(H,38,39)(H,31,33,36). The maximum absolute atomic E-state index is 13.0.